The van der Waals surface area contributed by atoms with Crippen LogP contribution in [0.3, 0.4) is 0 Å². The molecule has 0 radical (unpaired) electrons. The number of aromatic nitrogens is 1. The molecule has 1 amide bonds. The van der Waals surface area contributed by atoms with E-state index in [1.807, 2.05) is 42.8 Å². The molecule has 0 fully saturated rings. The molecule has 0 spiro atoms. The summed E-state index contributed by atoms with van der Waals surface area (Å²) in [4.78, 5) is 23.1. The summed E-state index contributed by atoms with van der Waals surface area (Å²) in [7, 11) is 1.88. The van der Waals surface area contributed by atoms with Gasteiger partial charge in [0.1, 0.15) is 0 Å². The Kier molecular flexibility index (Phi) is 4.08. The molecular weight excluding hydrogens is 256 g/mol. The monoisotopic (exact) mass is 274 g/mol. The normalized spacial score (nSPS) is 12.3. The van der Waals surface area contributed by atoms with Crippen LogP contribution >= 0.6 is 0 Å². The van der Waals surface area contributed by atoms with Gasteiger partial charge in [-0.15, -0.1) is 0 Å². The summed E-state index contributed by atoms with van der Waals surface area (Å²) in [6.45, 7) is 1.86. The number of amides is 1. The number of aliphatic carboxylic acids is 1. The van der Waals surface area contributed by atoms with Gasteiger partial charge in [0, 0.05) is 30.2 Å². The van der Waals surface area contributed by atoms with Crippen molar-refractivity contribution in [1.82, 2.24) is 9.88 Å². The molecule has 2 N–H and O–H groups in total. The topological polar surface area (TPSA) is 71.3 Å². The van der Waals surface area contributed by atoms with Crippen molar-refractivity contribution in [2.75, 3.05) is 0 Å². The Morgan fingerprint density at radius 3 is 2.70 bits per heavy atom. The van der Waals surface area contributed by atoms with Gasteiger partial charge in [-0.2, -0.15) is 0 Å². The third kappa shape index (κ3) is 2.82. The van der Waals surface area contributed by atoms with Crippen molar-refractivity contribution < 1.29 is 14.7 Å². The first-order valence-electron chi connectivity index (χ1n) is 6.59. The summed E-state index contributed by atoms with van der Waals surface area (Å²) in [6, 6.07) is 7.29. The average molecular weight is 274 g/mol. The molecule has 1 heterocycles. The van der Waals surface area contributed by atoms with E-state index in [9.17, 15) is 9.59 Å². The third-order valence-corrected chi connectivity index (χ3v) is 3.39. The molecule has 5 nitrogen and oxygen atoms in total. The van der Waals surface area contributed by atoms with E-state index < -0.39 is 5.97 Å². The van der Waals surface area contributed by atoms with E-state index in [4.69, 9.17) is 5.11 Å². The molecule has 0 aliphatic rings. The highest BCUT2D eigenvalue weighted by Gasteiger charge is 2.18. The number of carbonyl (C=O) groups excluding carboxylic acids is 1. The van der Waals surface area contributed by atoms with Crippen LogP contribution in [0.25, 0.3) is 10.9 Å². The van der Waals surface area contributed by atoms with Crippen LogP contribution in [0.2, 0.25) is 0 Å². The minimum atomic E-state index is -0.907. The van der Waals surface area contributed by atoms with Crippen LogP contribution in [0.5, 0.6) is 0 Å². The molecule has 0 aliphatic heterocycles. The van der Waals surface area contributed by atoms with E-state index in [1.54, 1.807) is 6.20 Å². The zero-order valence-corrected chi connectivity index (χ0v) is 11.6. The van der Waals surface area contributed by atoms with Crippen LogP contribution in [0.15, 0.2) is 30.5 Å². The Morgan fingerprint density at radius 1 is 1.35 bits per heavy atom. The summed E-state index contributed by atoms with van der Waals surface area (Å²) < 4.78 is 1.89. The van der Waals surface area contributed by atoms with Gasteiger partial charge < -0.3 is 15.0 Å². The van der Waals surface area contributed by atoms with Crippen LogP contribution in [0, 0.1) is 0 Å². The maximum absolute atomic E-state index is 12.3. The second-order valence-corrected chi connectivity index (χ2v) is 4.85. The molecule has 0 saturated carbocycles. The molecule has 5 heteroatoms. The summed E-state index contributed by atoms with van der Waals surface area (Å²) >= 11 is 0. The fraction of sp³-hybridized carbons (Fsp3) is 0.333. The molecule has 20 heavy (non-hydrogen) atoms. The standard InChI is InChI=1S/C15H18N2O3/c1-3-10(8-14(18)19)16-15(20)12-9-17(2)13-7-5-4-6-11(12)13/h4-7,9-10H,3,8H2,1-2H3,(H,16,20)(H,18,19). The fourth-order valence-corrected chi connectivity index (χ4v) is 2.29. The molecule has 1 aromatic carbocycles. The number of carboxylic acids is 1. The van der Waals surface area contributed by atoms with Gasteiger partial charge in [0.15, 0.2) is 0 Å². The lowest BCUT2D eigenvalue weighted by atomic mass is 10.1. The average Bonchev–Trinajstić information content (AvgIpc) is 2.75. The maximum Gasteiger partial charge on any atom is 0.305 e. The Hall–Kier alpha value is -2.30. The molecule has 1 unspecified atom stereocenters. The third-order valence-electron chi connectivity index (χ3n) is 3.39. The minimum Gasteiger partial charge on any atom is -0.481 e. The number of nitrogens with zero attached hydrogens (tertiary/aromatic N) is 1. The predicted octanol–water partition coefficient (Wildman–Crippen LogP) is 2.16. The smallest absolute Gasteiger partial charge is 0.305 e. The number of carbonyl (C=O) groups is 2. The van der Waals surface area contributed by atoms with Crippen LogP contribution in [-0.2, 0) is 11.8 Å². The second-order valence-electron chi connectivity index (χ2n) is 4.85. The first-order valence-corrected chi connectivity index (χ1v) is 6.59. The van der Waals surface area contributed by atoms with Crippen molar-refractivity contribution >= 4 is 22.8 Å². The lowest BCUT2D eigenvalue weighted by Gasteiger charge is -2.14. The molecule has 1 aromatic heterocycles. The van der Waals surface area contributed by atoms with E-state index in [-0.39, 0.29) is 18.4 Å². The first-order chi connectivity index (χ1) is 9.52. The lowest BCUT2D eigenvalue weighted by Crippen LogP contribution is -2.35. The van der Waals surface area contributed by atoms with Gasteiger partial charge in [-0.1, -0.05) is 25.1 Å². The zero-order valence-electron chi connectivity index (χ0n) is 11.6. The summed E-state index contributed by atoms with van der Waals surface area (Å²) in [6.07, 6.45) is 2.29. The van der Waals surface area contributed by atoms with Crippen LogP contribution in [0.4, 0.5) is 0 Å². The summed E-state index contributed by atoms with van der Waals surface area (Å²) in [5.74, 6) is -1.13. The van der Waals surface area contributed by atoms with Crippen molar-refractivity contribution in [3.05, 3.63) is 36.0 Å². The van der Waals surface area contributed by atoms with Crippen molar-refractivity contribution in [3.63, 3.8) is 0 Å². The maximum atomic E-state index is 12.3. The van der Waals surface area contributed by atoms with Crippen molar-refractivity contribution in [1.29, 1.82) is 0 Å². The molecule has 1 atom stereocenters. The number of aryl methyl sites for hydroxylation is 1. The van der Waals surface area contributed by atoms with Gasteiger partial charge in [-0.3, -0.25) is 9.59 Å². The Bertz CT molecular complexity index is 646. The number of carboxylic acid groups (broad SMARTS) is 1. The molecular formula is C15H18N2O3. The van der Waals surface area contributed by atoms with Gasteiger partial charge in [0.05, 0.1) is 12.0 Å². The predicted molar refractivity (Wildman–Crippen MR) is 76.7 cm³/mol. The molecule has 0 bridgehead atoms. The van der Waals surface area contributed by atoms with Gasteiger partial charge in [0.25, 0.3) is 5.91 Å². The fourth-order valence-electron chi connectivity index (χ4n) is 2.29. The number of para-hydroxylation sites is 1. The van der Waals surface area contributed by atoms with Crippen molar-refractivity contribution in [3.8, 4) is 0 Å². The zero-order chi connectivity index (χ0) is 14.7. The van der Waals surface area contributed by atoms with Gasteiger partial charge in [0.2, 0.25) is 0 Å². The van der Waals surface area contributed by atoms with Gasteiger partial charge in [-0.25, -0.2) is 0 Å². The molecule has 0 aliphatic carbocycles. The number of fused-ring (bicyclic) bond motifs is 1. The van der Waals surface area contributed by atoms with Crippen LogP contribution < -0.4 is 5.32 Å². The molecule has 2 rings (SSSR count). The minimum absolute atomic E-state index is 0.0625. The van der Waals surface area contributed by atoms with Crippen LogP contribution in [0.1, 0.15) is 30.1 Å². The number of hydrogen-bond donors (Lipinski definition) is 2. The number of nitrogens with one attached hydrogen (secondary N) is 1. The quantitative estimate of drug-likeness (QED) is 0.877. The van der Waals surface area contributed by atoms with Gasteiger partial charge >= 0.3 is 5.97 Å². The van der Waals surface area contributed by atoms with Crippen LogP contribution in [-0.4, -0.2) is 27.6 Å². The molecule has 2 aromatic rings. The highest BCUT2D eigenvalue weighted by molar-refractivity contribution is 6.07. The van der Waals surface area contributed by atoms with Crippen molar-refractivity contribution in [2.45, 2.75) is 25.8 Å². The molecule has 0 saturated heterocycles. The van der Waals surface area contributed by atoms with E-state index in [0.717, 1.165) is 10.9 Å². The summed E-state index contributed by atoms with van der Waals surface area (Å²) in [5, 5.41) is 12.5. The highest BCUT2D eigenvalue weighted by Crippen LogP contribution is 2.20. The largest absolute Gasteiger partial charge is 0.481 e. The lowest BCUT2D eigenvalue weighted by molar-refractivity contribution is -0.137. The first kappa shape index (κ1) is 14.1. The summed E-state index contributed by atoms with van der Waals surface area (Å²) in [5.41, 5.74) is 1.55. The second kappa shape index (κ2) is 5.77. The highest BCUT2D eigenvalue weighted by atomic mass is 16.4. The van der Waals surface area contributed by atoms with E-state index >= 15 is 0 Å². The molecule has 106 valence electrons. The SMILES string of the molecule is CCC(CC(=O)O)NC(=O)c1cn(C)c2ccccc12. The Labute approximate surface area is 117 Å². The van der Waals surface area contributed by atoms with E-state index in [0.29, 0.717) is 12.0 Å². The Morgan fingerprint density at radius 2 is 2.05 bits per heavy atom. The number of benzene rings is 1. The Balaban J connectivity index is 2.25. The van der Waals surface area contributed by atoms with Crippen molar-refractivity contribution in [2.24, 2.45) is 7.05 Å². The van der Waals surface area contributed by atoms with E-state index in [2.05, 4.69) is 5.32 Å². The number of hydrogen-bond acceptors (Lipinski definition) is 2. The van der Waals surface area contributed by atoms with E-state index in [1.165, 1.54) is 0 Å². The number of rotatable bonds is 5. The van der Waals surface area contributed by atoms with Gasteiger partial charge in [-0.05, 0) is 12.5 Å².